The largest absolute Gasteiger partial charge is 0.548 e. The summed E-state index contributed by atoms with van der Waals surface area (Å²) in [6, 6.07) is 9.35. The van der Waals surface area contributed by atoms with E-state index in [4.69, 9.17) is 14.7 Å². The van der Waals surface area contributed by atoms with Gasteiger partial charge in [-0.05, 0) is 43.4 Å². The SMILES string of the molecule is N#Cc1ccc(COC2CCC3(CC2)CN(CC(=O)[O-])C(=O)O3)cc1. The number of amides is 1. The number of nitrogens with zero attached hydrogens (tertiary/aromatic N) is 2. The van der Waals surface area contributed by atoms with Crippen LogP contribution < -0.4 is 5.11 Å². The van der Waals surface area contributed by atoms with E-state index in [0.29, 0.717) is 31.6 Å². The van der Waals surface area contributed by atoms with Crippen LogP contribution in [-0.2, 0) is 20.9 Å². The second kappa shape index (κ2) is 7.11. The van der Waals surface area contributed by atoms with Crippen LogP contribution in [0.3, 0.4) is 0 Å². The average molecular weight is 343 g/mol. The number of carboxylic acids is 1. The van der Waals surface area contributed by atoms with Crippen LogP contribution in [0.25, 0.3) is 0 Å². The van der Waals surface area contributed by atoms with Gasteiger partial charge in [0.25, 0.3) is 0 Å². The molecule has 1 aromatic carbocycles. The van der Waals surface area contributed by atoms with E-state index in [9.17, 15) is 14.7 Å². The summed E-state index contributed by atoms with van der Waals surface area (Å²) in [4.78, 5) is 23.7. The van der Waals surface area contributed by atoms with Gasteiger partial charge in [0.2, 0.25) is 0 Å². The van der Waals surface area contributed by atoms with Gasteiger partial charge in [0.1, 0.15) is 5.60 Å². The molecule has 25 heavy (non-hydrogen) atoms. The number of aliphatic carboxylic acids is 1. The van der Waals surface area contributed by atoms with Crippen LogP contribution in [0.5, 0.6) is 0 Å². The number of rotatable bonds is 5. The van der Waals surface area contributed by atoms with E-state index in [1.54, 1.807) is 12.1 Å². The lowest BCUT2D eigenvalue weighted by Gasteiger charge is -2.35. The first-order valence-electron chi connectivity index (χ1n) is 8.28. The number of hydrogen-bond donors (Lipinski definition) is 0. The molecular formula is C18H19N2O5-. The van der Waals surface area contributed by atoms with Crippen LogP contribution in [0.4, 0.5) is 4.79 Å². The molecular weight excluding hydrogens is 324 g/mol. The van der Waals surface area contributed by atoms with Crippen LogP contribution in [-0.4, -0.2) is 41.8 Å². The Morgan fingerprint density at radius 3 is 2.64 bits per heavy atom. The van der Waals surface area contributed by atoms with Gasteiger partial charge in [-0.3, -0.25) is 4.90 Å². The van der Waals surface area contributed by atoms with Crippen molar-refractivity contribution in [3.8, 4) is 6.07 Å². The van der Waals surface area contributed by atoms with Crippen molar-refractivity contribution in [2.24, 2.45) is 0 Å². The zero-order valence-corrected chi connectivity index (χ0v) is 13.8. The van der Waals surface area contributed by atoms with Crippen LogP contribution in [0.15, 0.2) is 24.3 Å². The summed E-state index contributed by atoms with van der Waals surface area (Å²) >= 11 is 0. The highest BCUT2D eigenvalue weighted by Crippen LogP contribution is 2.38. The van der Waals surface area contributed by atoms with E-state index in [1.165, 1.54) is 4.90 Å². The molecule has 1 heterocycles. The Balaban J connectivity index is 1.48. The van der Waals surface area contributed by atoms with Crippen molar-refractivity contribution in [3.05, 3.63) is 35.4 Å². The lowest BCUT2D eigenvalue weighted by atomic mass is 9.83. The third kappa shape index (κ3) is 4.09. The monoisotopic (exact) mass is 343 g/mol. The number of carbonyl (C=O) groups excluding carboxylic acids is 2. The molecule has 0 bridgehead atoms. The molecule has 2 fully saturated rings. The maximum Gasteiger partial charge on any atom is 0.410 e. The summed E-state index contributed by atoms with van der Waals surface area (Å²) in [5, 5.41) is 19.5. The first-order chi connectivity index (χ1) is 12.0. The molecule has 3 rings (SSSR count). The Bertz CT molecular complexity index is 686. The molecule has 1 saturated carbocycles. The molecule has 0 aromatic heterocycles. The average Bonchev–Trinajstić information content (AvgIpc) is 2.89. The minimum Gasteiger partial charge on any atom is -0.548 e. The molecule has 1 saturated heterocycles. The highest BCUT2D eigenvalue weighted by molar-refractivity contribution is 5.77. The summed E-state index contributed by atoms with van der Waals surface area (Å²) in [6.07, 6.45) is 2.31. The Hall–Kier alpha value is -2.59. The number of benzene rings is 1. The summed E-state index contributed by atoms with van der Waals surface area (Å²) in [5.41, 5.74) is 1.03. The van der Waals surface area contributed by atoms with Gasteiger partial charge in [-0.2, -0.15) is 5.26 Å². The van der Waals surface area contributed by atoms with Crippen LogP contribution in [0, 0.1) is 11.3 Å². The molecule has 7 heteroatoms. The third-order valence-corrected chi connectivity index (χ3v) is 4.77. The van der Waals surface area contributed by atoms with E-state index < -0.39 is 24.2 Å². The molecule has 1 amide bonds. The molecule has 1 aromatic rings. The molecule has 0 N–H and O–H groups in total. The Morgan fingerprint density at radius 1 is 1.36 bits per heavy atom. The van der Waals surface area contributed by atoms with Crippen LogP contribution in [0.1, 0.15) is 36.8 Å². The molecule has 0 atom stereocenters. The number of carbonyl (C=O) groups is 2. The van der Waals surface area contributed by atoms with Gasteiger partial charge >= 0.3 is 6.09 Å². The van der Waals surface area contributed by atoms with Gasteiger partial charge in [0.05, 0.1) is 43.4 Å². The zero-order chi connectivity index (χ0) is 17.9. The van der Waals surface area contributed by atoms with E-state index in [-0.39, 0.29) is 6.10 Å². The fourth-order valence-electron chi connectivity index (χ4n) is 3.40. The number of carboxylic acid groups (broad SMARTS) is 1. The Kier molecular flexibility index (Phi) is 4.91. The topological polar surface area (TPSA) is 103 Å². The zero-order valence-electron chi connectivity index (χ0n) is 13.8. The minimum absolute atomic E-state index is 0.0789. The third-order valence-electron chi connectivity index (χ3n) is 4.77. The molecule has 2 aliphatic rings. The van der Waals surface area contributed by atoms with E-state index in [2.05, 4.69) is 6.07 Å². The van der Waals surface area contributed by atoms with Gasteiger partial charge in [0, 0.05) is 0 Å². The maximum atomic E-state index is 11.8. The van der Waals surface area contributed by atoms with Crippen molar-refractivity contribution >= 4 is 12.1 Å². The first kappa shape index (κ1) is 17.2. The van der Waals surface area contributed by atoms with E-state index in [0.717, 1.165) is 18.4 Å². The van der Waals surface area contributed by atoms with Crippen LogP contribution in [0.2, 0.25) is 0 Å². The van der Waals surface area contributed by atoms with Crippen molar-refractivity contribution in [1.82, 2.24) is 4.90 Å². The standard InChI is InChI=1S/C18H20N2O5/c19-9-13-1-3-14(4-2-13)11-24-15-5-7-18(8-6-15)12-20(10-16(21)22)17(23)25-18/h1-4,15H,5-8,10-12H2,(H,21,22)/p-1. The van der Waals surface area contributed by atoms with Crippen molar-refractivity contribution in [1.29, 1.82) is 5.26 Å². The second-order valence-corrected chi connectivity index (χ2v) is 6.60. The molecule has 132 valence electrons. The van der Waals surface area contributed by atoms with E-state index >= 15 is 0 Å². The predicted molar refractivity (Wildman–Crippen MR) is 84.0 cm³/mol. The van der Waals surface area contributed by atoms with Gasteiger partial charge in [0.15, 0.2) is 0 Å². The van der Waals surface area contributed by atoms with Gasteiger partial charge in [-0.25, -0.2) is 4.79 Å². The first-order valence-corrected chi connectivity index (χ1v) is 8.28. The van der Waals surface area contributed by atoms with Gasteiger partial charge < -0.3 is 19.4 Å². The fraction of sp³-hybridized carbons (Fsp3) is 0.500. The summed E-state index contributed by atoms with van der Waals surface area (Å²) in [6.45, 7) is 0.335. The molecule has 1 aliphatic carbocycles. The Morgan fingerprint density at radius 2 is 2.04 bits per heavy atom. The van der Waals surface area contributed by atoms with E-state index in [1.807, 2.05) is 12.1 Å². The quantitative estimate of drug-likeness (QED) is 0.789. The molecule has 1 aliphatic heterocycles. The highest BCUT2D eigenvalue weighted by Gasteiger charge is 2.47. The normalized spacial score (nSPS) is 25.6. The molecule has 1 spiro atoms. The maximum absolute atomic E-state index is 11.8. The number of hydrogen-bond acceptors (Lipinski definition) is 6. The number of ether oxygens (including phenoxy) is 2. The highest BCUT2D eigenvalue weighted by atomic mass is 16.6. The van der Waals surface area contributed by atoms with Gasteiger partial charge in [-0.1, -0.05) is 12.1 Å². The molecule has 0 radical (unpaired) electrons. The van der Waals surface area contributed by atoms with Gasteiger partial charge in [-0.15, -0.1) is 0 Å². The summed E-state index contributed by atoms with van der Waals surface area (Å²) < 4.78 is 11.4. The summed E-state index contributed by atoms with van der Waals surface area (Å²) in [5.74, 6) is -1.28. The fourth-order valence-corrected chi connectivity index (χ4v) is 3.40. The van der Waals surface area contributed by atoms with Crippen molar-refractivity contribution in [2.75, 3.05) is 13.1 Å². The lowest BCUT2D eigenvalue weighted by Crippen LogP contribution is -2.43. The Labute approximate surface area is 145 Å². The number of nitriles is 1. The lowest BCUT2D eigenvalue weighted by molar-refractivity contribution is -0.305. The smallest absolute Gasteiger partial charge is 0.410 e. The summed E-state index contributed by atoms with van der Waals surface area (Å²) in [7, 11) is 0. The minimum atomic E-state index is -1.28. The predicted octanol–water partition coefficient (Wildman–Crippen LogP) is 0.958. The van der Waals surface area contributed by atoms with Crippen LogP contribution >= 0.6 is 0 Å². The van der Waals surface area contributed by atoms with Crippen molar-refractivity contribution in [2.45, 2.75) is 44.0 Å². The second-order valence-electron chi connectivity index (χ2n) is 6.60. The molecule has 0 unspecified atom stereocenters. The van der Waals surface area contributed by atoms with Crippen molar-refractivity contribution in [3.63, 3.8) is 0 Å². The molecule has 7 nitrogen and oxygen atoms in total. The van der Waals surface area contributed by atoms with Crippen molar-refractivity contribution < 1.29 is 24.2 Å².